The summed E-state index contributed by atoms with van der Waals surface area (Å²) >= 11 is 0. The average molecular weight is 442 g/mol. The van der Waals surface area contributed by atoms with Crippen LogP contribution >= 0.6 is 0 Å². The number of benzene rings is 2. The van der Waals surface area contributed by atoms with Crippen LogP contribution in [0.15, 0.2) is 42.5 Å². The SMILES string of the molecule is CNC(=O)C(Cc1ccc2ccccc2c1)N1CCN(C(=O)OC(C)(C)C)C(CCO)C1. The zero-order chi connectivity index (χ0) is 23.3. The highest BCUT2D eigenvalue weighted by molar-refractivity contribution is 5.84. The number of carbonyl (C=O) groups excluding carboxylic acids is 2. The van der Waals surface area contributed by atoms with Gasteiger partial charge >= 0.3 is 6.09 Å². The first kappa shape index (κ1) is 24.0. The number of fused-ring (bicyclic) bond motifs is 1. The molecule has 1 aliphatic rings. The van der Waals surface area contributed by atoms with Gasteiger partial charge in [-0.2, -0.15) is 0 Å². The van der Waals surface area contributed by atoms with Crippen molar-refractivity contribution in [1.82, 2.24) is 15.1 Å². The Balaban J connectivity index is 1.78. The van der Waals surface area contributed by atoms with E-state index in [1.807, 2.05) is 32.9 Å². The largest absolute Gasteiger partial charge is 0.444 e. The second-order valence-electron chi connectivity index (χ2n) is 9.35. The smallest absolute Gasteiger partial charge is 0.410 e. The minimum absolute atomic E-state index is 0.0346. The van der Waals surface area contributed by atoms with Gasteiger partial charge in [0.15, 0.2) is 0 Å². The third-order valence-electron chi connectivity index (χ3n) is 5.84. The van der Waals surface area contributed by atoms with Crippen LogP contribution in [0.5, 0.6) is 0 Å². The first-order valence-electron chi connectivity index (χ1n) is 11.3. The lowest BCUT2D eigenvalue weighted by Crippen LogP contribution is -2.61. The monoisotopic (exact) mass is 441 g/mol. The standard InChI is InChI=1S/C25H35N3O4/c1-25(2,3)32-24(31)28-13-12-27(17-21(28)11-14-29)22(23(30)26-4)16-18-9-10-19-7-5-6-8-20(19)15-18/h5-10,15,21-22,29H,11-14,16-17H2,1-4H3,(H,26,30). The van der Waals surface area contributed by atoms with Gasteiger partial charge in [0.1, 0.15) is 5.60 Å². The summed E-state index contributed by atoms with van der Waals surface area (Å²) < 4.78 is 5.56. The number of hydrogen-bond acceptors (Lipinski definition) is 5. The summed E-state index contributed by atoms with van der Waals surface area (Å²) in [5.74, 6) is -0.0494. The van der Waals surface area contributed by atoms with E-state index in [9.17, 15) is 14.7 Å². The highest BCUT2D eigenvalue weighted by atomic mass is 16.6. The van der Waals surface area contributed by atoms with Crippen molar-refractivity contribution < 1.29 is 19.4 Å². The van der Waals surface area contributed by atoms with E-state index in [0.29, 0.717) is 32.5 Å². The van der Waals surface area contributed by atoms with Gasteiger partial charge in [-0.1, -0.05) is 42.5 Å². The summed E-state index contributed by atoms with van der Waals surface area (Å²) in [4.78, 5) is 29.4. The van der Waals surface area contributed by atoms with Crippen LogP contribution in [0.1, 0.15) is 32.8 Å². The molecule has 2 aromatic rings. The van der Waals surface area contributed by atoms with Crippen molar-refractivity contribution in [2.45, 2.75) is 51.3 Å². The second-order valence-corrected chi connectivity index (χ2v) is 9.35. The fourth-order valence-corrected chi connectivity index (χ4v) is 4.26. The number of likely N-dealkylation sites (N-methyl/N-ethyl adjacent to an activating group) is 1. The number of amides is 2. The van der Waals surface area contributed by atoms with Crippen molar-refractivity contribution in [2.24, 2.45) is 0 Å². The van der Waals surface area contributed by atoms with E-state index >= 15 is 0 Å². The Bertz CT molecular complexity index is 940. The molecule has 0 aromatic heterocycles. The van der Waals surface area contributed by atoms with E-state index in [0.717, 1.165) is 10.9 Å². The molecule has 7 nitrogen and oxygen atoms in total. The van der Waals surface area contributed by atoms with Crippen LogP contribution in [0.2, 0.25) is 0 Å². The zero-order valence-corrected chi connectivity index (χ0v) is 19.5. The maximum atomic E-state index is 12.8. The van der Waals surface area contributed by atoms with Crippen LogP contribution < -0.4 is 5.32 Å². The highest BCUT2D eigenvalue weighted by Gasteiger charge is 2.37. The van der Waals surface area contributed by atoms with E-state index in [4.69, 9.17) is 4.74 Å². The first-order valence-corrected chi connectivity index (χ1v) is 11.3. The molecular formula is C25H35N3O4. The van der Waals surface area contributed by atoms with Crippen LogP contribution in [0, 0.1) is 0 Å². The maximum absolute atomic E-state index is 12.8. The number of nitrogens with one attached hydrogen (secondary N) is 1. The first-order chi connectivity index (χ1) is 15.2. The third kappa shape index (κ3) is 5.99. The molecule has 2 N–H and O–H groups in total. The molecule has 3 rings (SSSR count). The molecule has 32 heavy (non-hydrogen) atoms. The fraction of sp³-hybridized carbons (Fsp3) is 0.520. The van der Waals surface area contributed by atoms with Crippen molar-refractivity contribution in [3.8, 4) is 0 Å². The molecular weight excluding hydrogens is 406 g/mol. The van der Waals surface area contributed by atoms with Crippen molar-refractivity contribution in [3.05, 3.63) is 48.0 Å². The Morgan fingerprint density at radius 1 is 1.16 bits per heavy atom. The normalized spacial score (nSPS) is 18.4. The van der Waals surface area contributed by atoms with Crippen molar-refractivity contribution >= 4 is 22.8 Å². The lowest BCUT2D eigenvalue weighted by atomic mass is 9.98. The molecule has 0 saturated carbocycles. The van der Waals surface area contributed by atoms with Crippen LogP contribution in [-0.2, 0) is 16.0 Å². The van der Waals surface area contributed by atoms with Crippen molar-refractivity contribution in [1.29, 1.82) is 0 Å². The lowest BCUT2D eigenvalue weighted by molar-refractivity contribution is -0.127. The molecule has 2 unspecified atom stereocenters. The maximum Gasteiger partial charge on any atom is 0.410 e. The number of nitrogens with zero attached hydrogens (tertiary/aromatic N) is 2. The van der Waals surface area contributed by atoms with Gasteiger partial charge in [0, 0.05) is 39.3 Å². The lowest BCUT2D eigenvalue weighted by Gasteiger charge is -2.44. The van der Waals surface area contributed by atoms with Gasteiger partial charge in [0.25, 0.3) is 0 Å². The van der Waals surface area contributed by atoms with Crippen LogP contribution in [-0.4, -0.2) is 77.9 Å². The van der Waals surface area contributed by atoms with Gasteiger partial charge in [-0.05, 0) is 49.9 Å². The van der Waals surface area contributed by atoms with E-state index in [2.05, 4.69) is 40.5 Å². The van der Waals surface area contributed by atoms with Crippen molar-refractivity contribution in [3.63, 3.8) is 0 Å². The summed E-state index contributed by atoms with van der Waals surface area (Å²) in [6.07, 6.45) is 0.635. The predicted molar refractivity (Wildman–Crippen MR) is 126 cm³/mol. The molecule has 1 heterocycles. The quantitative estimate of drug-likeness (QED) is 0.720. The van der Waals surface area contributed by atoms with E-state index < -0.39 is 5.60 Å². The Morgan fingerprint density at radius 2 is 1.88 bits per heavy atom. The number of hydrogen-bond donors (Lipinski definition) is 2. The molecule has 0 bridgehead atoms. The van der Waals surface area contributed by atoms with E-state index in [1.54, 1.807) is 11.9 Å². The molecule has 7 heteroatoms. The molecule has 2 atom stereocenters. The number of piperazine rings is 1. The number of aliphatic hydroxyl groups excluding tert-OH is 1. The number of carbonyl (C=O) groups is 2. The summed E-state index contributed by atoms with van der Waals surface area (Å²) in [7, 11) is 1.65. The predicted octanol–water partition coefficient (Wildman–Crippen LogP) is 2.80. The molecule has 1 aliphatic heterocycles. The molecule has 174 valence electrons. The topological polar surface area (TPSA) is 82.1 Å². The van der Waals surface area contributed by atoms with Gasteiger partial charge in [-0.25, -0.2) is 4.79 Å². The third-order valence-corrected chi connectivity index (χ3v) is 5.84. The Labute approximate surface area is 190 Å². The number of rotatable bonds is 6. The summed E-state index contributed by atoms with van der Waals surface area (Å²) in [6.45, 7) is 7.00. The number of aliphatic hydroxyl groups is 1. The molecule has 1 saturated heterocycles. The van der Waals surface area contributed by atoms with Gasteiger partial charge < -0.3 is 20.1 Å². The fourth-order valence-electron chi connectivity index (χ4n) is 4.26. The highest BCUT2D eigenvalue weighted by Crippen LogP contribution is 2.22. The van der Waals surface area contributed by atoms with Crippen LogP contribution in [0.25, 0.3) is 10.8 Å². The van der Waals surface area contributed by atoms with E-state index in [1.165, 1.54) is 5.39 Å². The zero-order valence-electron chi connectivity index (χ0n) is 19.5. The van der Waals surface area contributed by atoms with Crippen LogP contribution in [0.3, 0.4) is 0 Å². The minimum atomic E-state index is -0.585. The van der Waals surface area contributed by atoms with E-state index in [-0.39, 0.29) is 30.7 Å². The summed E-state index contributed by atoms with van der Waals surface area (Å²) in [5.41, 5.74) is 0.504. The Morgan fingerprint density at radius 3 is 2.53 bits per heavy atom. The molecule has 2 amide bonds. The van der Waals surface area contributed by atoms with Crippen molar-refractivity contribution in [2.75, 3.05) is 33.3 Å². The molecule has 1 fully saturated rings. The molecule has 0 spiro atoms. The molecule has 2 aromatic carbocycles. The Hall–Kier alpha value is -2.64. The summed E-state index contributed by atoms with van der Waals surface area (Å²) in [5, 5.41) is 14.7. The van der Waals surface area contributed by atoms with Gasteiger partial charge in [-0.3, -0.25) is 9.69 Å². The van der Waals surface area contributed by atoms with Gasteiger partial charge in [0.2, 0.25) is 5.91 Å². The summed E-state index contributed by atoms with van der Waals surface area (Å²) in [6, 6.07) is 13.9. The van der Waals surface area contributed by atoms with Gasteiger partial charge in [0.05, 0.1) is 6.04 Å². The van der Waals surface area contributed by atoms with Crippen LogP contribution in [0.4, 0.5) is 4.79 Å². The minimum Gasteiger partial charge on any atom is -0.444 e. The second kappa shape index (κ2) is 10.3. The molecule has 0 radical (unpaired) electrons. The number of ether oxygens (including phenoxy) is 1. The Kier molecular flexibility index (Phi) is 7.74. The average Bonchev–Trinajstić information content (AvgIpc) is 2.76. The van der Waals surface area contributed by atoms with Gasteiger partial charge in [-0.15, -0.1) is 0 Å². The molecule has 0 aliphatic carbocycles.